The van der Waals surface area contributed by atoms with Crippen LogP contribution in [0.2, 0.25) is 0 Å². The minimum atomic E-state index is 0.206. The number of hydrogen-bond acceptors (Lipinski definition) is 3. The van der Waals surface area contributed by atoms with Gasteiger partial charge in [-0.15, -0.1) is 34.4 Å². The second kappa shape index (κ2) is 4.90. The van der Waals surface area contributed by atoms with Crippen molar-refractivity contribution in [3.63, 3.8) is 0 Å². The van der Waals surface area contributed by atoms with Crippen LogP contribution in [0.15, 0.2) is 29.0 Å². The summed E-state index contributed by atoms with van der Waals surface area (Å²) < 4.78 is 2.85. The lowest BCUT2D eigenvalue weighted by Crippen LogP contribution is -2.07. The van der Waals surface area contributed by atoms with E-state index < -0.39 is 0 Å². The molecule has 0 aliphatic heterocycles. The van der Waals surface area contributed by atoms with Crippen molar-refractivity contribution < 1.29 is 0 Å². The molecule has 0 unspecified atom stereocenters. The van der Waals surface area contributed by atoms with Crippen LogP contribution in [0, 0.1) is 0 Å². The van der Waals surface area contributed by atoms with E-state index in [0.29, 0.717) is 0 Å². The van der Waals surface area contributed by atoms with Crippen LogP contribution in [0.5, 0.6) is 0 Å². The number of benzene rings is 1. The molecule has 2 aromatic heterocycles. The maximum absolute atomic E-state index is 4.03. The molecule has 104 valence electrons. The van der Waals surface area contributed by atoms with Gasteiger partial charge >= 0.3 is 0 Å². The average Bonchev–Trinajstić information content (AvgIpc) is 3.01. The maximum Gasteiger partial charge on any atom is 0.0535 e. The molecular formula is C17H18S3. The van der Waals surface area contributed by atoms with Crippen molar-refractivity contribution in [2.75, 3.05) is 6.26 Å². The van der Waals surface area contributed by atoms with Gasteiger partial charge < -0.3 is 0 Å². The molecular weight excluding hydrogens is 300 g/mol. The van der Waals surface area contributed by atoms with Crippen molar-refractivity contribution in [1.82, 2.24) is 0 Å². The lowest BCUT2D eigenvalue weighted by molar-refractivity contribution is 0.604. The Bertz CT molecular complexity index is 797. The lowest BCUT2D eigenvalue weighted by atomic mass is 9.94. The third-order valence-electron chi connectivity index (χ3n) is 3.53. The van der Waals surface area contributed by atoms with Gasteiger partial charge in [0.15, 0.2) is 0 Å². The molecule has 0 amide bonds. The van der Waals surface area contributed by atoms with E-state index in [1.807, 2.05) is 40.5 Å². The molecule has 0 fully saturated rings. The molecule has 0 saturated heterocycles. The smallest absolute Gasteiger partial charge is 0.0535 e. The molecule has 20 heavy (non-hydrogen) atoms. The third-order valence-corrected chi connectivity index (χ3v) is 7.02. The minimum Gasteiger partial charge on any atom is -0.142 e. The highest BCUT2D eigenvalue weighted by atomic mass is 32.2. The quantitative estimate of drug-likeness (QED) is 0.469. The van der Waals surface area contributed by atoms with E-state index in [0.717, 1.165) is 0 Å². The number of hydrogen-bond donors (Lipinski definition) is 0. The predicted molar refractivity (Wildman–Crippen MR) is 97.8 cm³/mol. The molecule has 0 saturated carbocycles. The number of thiophene rings is 2. The predicted octanol–water partition coefficient (Wildman–Crippen LogP) is 6.78. The van der Waals surface area contributed by atoms with Gasteiger partial charge in [0.05, 0.1) is 9.40 Å². The van der Waals surface area contributed by atoms with Gasteiger partial charge in [-0.25, -0.2) is 0 Å². The molecule has 1 aromatic carbocycles. The number of thioether (sulfide) groups is 1. The third kappa shape index (κ3) is 2.03. The molecule has 3 heteroatoms. The largest absolute Gasteiger partial charge is 0.142 e. The molecule has 3 aromatic rings. The molecule has 2 heterocycles. The van der Waals surface area contributed by atoms with Gasteiger partial charge in [-0.3, -0.25) is 0 Å². The Morgan fingerprint density at radius 1 is 1.20 bits per heavy atom. The van der Waals surface area contributed by atoms with Crippen LogP contribution in [0.1, 0.15) is 31.2 Å². The van der Waals surface area contributed by atoms with Crippen molar-refractivity contribution in [2.45, 2.75) is 31.1 Å². The normalized spacial score (nSPS) is 12.4. The van der Waals surface area contributed by atoms with Crippen LogP contribution in [-0.4, -0.2) is 6.26 Å². The van der Waals surface area contributed by atoms with E-state index in [2.05, 4.69) is 51.1 Å². The van der Waals surface area contributed by atoms with Gasteiger partial charge in [-0.1, -0.05) is 33.4 Å². The van der Waals surface area contributed by atoms with Gasteiger partial charge in [-0.2, -0.15) is 0 Å². The van der Waals surface area contributed by atoms with Crippen LogP contribution in [-0.2, 0) is 5.41 Å². The Morgan fingerprint density at radius 3 is 2.55 bits per heavy atom. The second-order valence-electron chi connectivity index (χ2n) is 5.92. The first-order valence-electron chi connectivity index (χ1n) is 6.61. The zero-order valence-electron chi connectivity index (χ0n) is 12.2. The van der Waals surface area contributed by atoms with Crippen molar-refractivity contribution >= 4 is 60.7 Å². The van der Waals surface area contributed by atoms with Crippen molar-refractivity contribution in [1.29, 1.82) is 0 Å². The van der Waals surface area contributed by atoms with Crippen molar-refractivity contribution in [2.24, 2.45) is 0 Å². The number of rotatable bonds is 2. The summed E-state index contributed by atoms with van der Waals surface area (Å²) in [6, 6.07) is 4.62. The van der Waals surface area contributed by atoms with Gasteiger partial charge in [0, 0.05) is 20.5 Å². The van der Waals surface area contributed by atoms with E-state index in [1.165, 1.54) is 35.5 Å². The fourth-order valence-corrected chi connectivity index (χ4v) is 5.65. The first kappa shape index (κ1) is 14.2. The summed E-state index contributed by atoms with van der Waals surface area (Å²) in [5.41, 5.74) is 1.50. The average molecular weight is 319 g/mol. The monoisotopic (exact) mass is 318 g/mol. The molecule has 0 radical (unpaired) electrons. The fourth-order valence-electron chi connectivity index (χ4n) is 2.49. The standard InChI is InChI=1S/C17H18S3/c1-6-10-11-7-8-19-15(11)16-12(14(10)18-5)9-13(20-16)17(2,3)4/h6-9H,1H2,2-5H3. The Labute approximate surface area is 132 Å². The summed E-state index contributed by atoms with van der Waals surface area (Å²) in [7, 11) is 0. The van der Waals surface area contributed by atoms with E-state index in [-0.39, 0.29) is 5.41 Å². The molecule has 0 aliphatic carbocycles. The highest BCUT2D eigenvalue weighted by Gasteiger charge is 2.21. The Hall–Kier alpha value is -0.770. The molecule has 0 aliphatic rings. The van der Waals surface area contributed by atoms with E-state index in [4.69, 9.17) is 0 Å². The van der Waals surface area contributed by atoms with E-state index in [9.17, 15) is 0 Å². The molecule has 3 rings (SSSR count). The zero-order valence-corrected chi connectivity index (χ0v) is 14.7. The van der Waals surface area contributed by atoms with Gasteiger partial charge in [-0.05, 0) is 34.7 Å². The molecule has 0 spiro atoms. The first-order valence-corrected chi connectivity index (χ1v) is 9.53. The van der Waals surface area contributed by atoms with Crippen LogP contribution in [0.4, 0.5) is 0 Å². The second-order valence-corrected chi connectivity index (χ2v) is 8.70. The van der Waals surface area contributed by atoms with E-state index in [1.54, 1.807) is 0 Å². The fraction of sp³-hybridized carbons (Fsp3) is 0.294. The minimum absolute atomic E-state index is 0.206. The maximum atomic E-state index is 4.03. The summed E-state index contributed by atoms with van der Waals surface area (Å²) in [4.78, 5) is 2.83. The summed E-state index contributed by atoms with van der Waals surface area (Å²) in [6.45, 7) is 10.9. The molecule has 0 N–H and O–H groups in total. The van der Waals surface area contributed by atoms with Gasteiger partial charge in [0.2, 0.25) is 0 Å². The molecule has 0 nitrogen and oxygen atoms in total. The van der Waals surface area contributed by atoms with Crippen molar-refractivity contribution in [3.05, 3.63) is 34.5 Å². The molecule has 0 bridgehead atoms. The highest BCUT2D eigenvalue weighted by Crippen LogP contribution is 2.46. The summed E-state index contributed by atoms with van der Waals surface area (Å²) in [5, 5.41) is 4.94. The van der Waals surface area contributed by atoms with Gasteiger partial charge in [0.1, 0.15) is 0 Å². The Balaban J connectivity index is 2.51. The van der Waals surface area contributed by atoms with Crippen LogP contribution < -0.4 is 0 Å². The lowest BCUT2D eigenvalue weighted by Gasteiger charge is -2.15. The Kier molecular flexibility index (Phi) is 3.47. The molecule has 0 atom stereocenters. The topological polar surface area (TPSA) is 0 Å². The summed E-state index contributed by atoms with van der Waals surface area (Å²) >= 11 is 5.62. The van der Waals surface area contributed by atoms with Crippen LogP contribution >= 0.6 is 34.4 Å². The van der Waals surface area contributed by atoms with E-state index >= 15 is 0 Å². The summed E-state index contributed by atoms with van der Waals surface area (Å²) in [6.07, 6.45) is 4.17. The first-order chi connectivity index (χ1) is 9.47. The van der Waals surface area contributed by atoms with Crippen molar-refractivity contribution in [3.8, 4) is 0 Å². The zero-order chi connectivity index (χ0) is 14.5. The number of fused-ring (bicyclic) bond motifs is 3. The SMILES string of the molecule is C=Cc1c(SC)c2cc(C(C)(C)C)sc2c2sccc12. The summed E-state index contributed by atoms with van der Waals surface area (Å²) in [5.74, 6) is 0. The highest BCUT2D eigenvalue weighted by molar-refractivity contribution is 7.99. The van der Waals surface area contributed by atoms with Crippen LogP contribution in [0.25, 0.3) is 26.2 Å². The van der Waals surface area contributed by atoms with Crippen LogP contribution in [0.3, 0.4) is 0 Å². The Morgan fingerprint density at radius 2 is 1.95 bits per heavy atom. The van der Waals surface area contributed by atoms with Gasteiger partial charge in [0.25, 0.3) is 0 Å².